The maximum absolute atomic E-state index is 12.6. The molecule has 0 saturated heterocycles. The molecule has 0 aliphatic rings. The van der Waals surface area contributed by atoms with E-state index in [0.717, 1.165) is 0 Å². The van der Waals surface area contributed by atoms with Gasteiger partial charge in [-0.3, -0.25) is 10.1 Å². The van der Waals surface area contributed by atoms with Crippen LogP contribution < -0.4 is 0 Å². The molecule has 0 aliphatic heterocycles. The van der Waals surface area contributed by atoms with Gasteiger partial charge in [-0.15, -0.1) is 0 Å². The van der Waals surface area contributed by atoms with Gasteiger partial charge in [-0.1, -0.05) is 11.6 Å². The fraction of sp³-hybridized carbons (Fsp3) is 0.125. The van der Waals surface area contributed by atoms with E-state index in [1.54, 1.807) is 0 Å². The Bertz CT molecular complexity index is 627. The van der Waals surface area contributed by atoms with Gasteiger partial charge in [0.25, 0.3) is 5.95 Å². The van der Waals surface area contributed by atoms with E-state index in [2.05, 4.69) is 15.1 Å². The van der Waals surface area contributed by atoms with E-state index >= 15 is 0 Å². The molecule has 0 radical (unpaired) electrons. The maximum Gasteiger partial charge on any atom is 0.442 e. The lowest BCUT2D eigenvalue weighted by Crippen LogP contribution is -2.10. The molecule has 2 aromatic rings. The van der Waals surface area contributed by atoms with Gasteiger partial charge in [-0.25, -0.2) is 9.97 Å². The van der Waals surface area contributed by atoms with Gasteiger partial charge < -0.3 is 0 Å². The van der Waals surface area contributed by atoms with E-state index in [1.165, 1.54) is 18.5 Å². The zero-order valence-corrected chi connectivity index (χ0v) is 9.55. The highest BCUT2D eigenvalue weighted by atomic mass is 35.5. The molecule has 2 heterocycles. The summed E-state index contributed by atoms with van der Waals surface area (Å²) in [5.41, 5.74) is -3.03. The Balaban J connectivity index is 2.70. The van der Waals surface area contributed by atoms with E-state index < -0.39 is 27.6 Å². The molecule has 0 aliphatic carbocycles. The predicted molar refractivity (Wildman–Crippen MR) is 55.8 cm³/mol. The van der Waals surface area contributed by atoms with Gasteiger partial charge in [0.1, 0.15) is 0 Å². The fourth-order valence-corrected chi connectivity index (χ4v) is 1.55. The Labute approximate surface area is 107 Å². The zero-order valence-electron chi connectivity index (χ0n) is 8.80. The second kappa shape index (κ2) is 4.46. The molecule has 0 N–H and O–H groups in total. The average Bonchev–Trinajstić information content (AvgIpc) is 2.68. The second-order valence-corrected chi connectivity index (χ2v) is 3.56. The molecule has 0 atom stereocenters. The molecule has 19 heavy (non-hydrogen) atoms. The van der Waals surface area contributed by atoms with Crippen LogP contribution in [0.25, 0.3) is 5.95 Å². The van der Waals surface area contributed by atoms with Crippen molar-refractivity contribution in [2.75, 3.05) is 0 Å². The minimum atomic E-state index is -5.01. The first kappa shape index (κ1) is 13.2. The van der Waals surface area contributed by atoms with Gasteiger partial charge in [0, 0.05) is 12.4 Å². The van der Waals surface area contributed by atoms with Crippen molar-refractivity contribution in [1.82, 2.24) is 19.7 Å². The molecular weight excluding hydrogens is 291 g/mol. The zero-order chi connectivity index (χ0) is 14.2. The highest BCUT2D eigenvalue weighted by molar-refractivity contribution is 6.32. The van der Waals surface area contributed by atoms with Crippen LogP contribution in [0.2, 0.25) is 5.15 Å². The fourth-order valence-electron chi connectivity index (χ4n) is 1.28. The number of nitrogens with zero attached hydrogens (tertiary/aromatic N) is 5. The van der Waals surface area contributed by atoms with Gasteiger partial charge >= 0.3 is 11.9 Å². The molecule has 0 unspecified atom stereocenters. The topological polar surface area (TPSA) is 86.7 Å². The van der Waals surface area contributed by atoms with E-state index in [4.69, 9.17) is 11.6 Å². The number of rotatable bonds is 2. The molecule has 0 amide bonds. The Kier molecular flexibility index (Phi) is 3.10. The molecule has 100 valence electrons. The summed E-state index contributed by atoms with van der Waals surface area (Å²) < 4.78 is 38.4. The Morgan fingerprint density at radius 2 is 1.89 bits per heavy atom. The molecule has 0 saturated carbocycles. The molecule has 2 aromatic heterocycles. The lowest BCUT2D eigenvalue weighted by molar-refractivity contribution is -0.388. The summed E-state index contributed by atoms with van der Waals surface area (Å²) >= 11 is 5.54. The van der Waals surface area contributed by atoms with Gasteiger partial charge in [0.05, 0.1) is 4.92 Å². The van der Waals surface area contributed by atoms with Crippen LogP contribution in [-0.4, -0.2) is 24.7 Å². The van der Waals surface area contributed by atoms with E-state index in [0.29, 0.717) is 4.68 Å². The van der Waals surface area contributed by atoms with Crippen molar-refractivity contribution in [3.63, 3.8) is 0 Å². The molecular formula is C8H3ClF3N5O2. The number of hydrogen-bond acceptors (Lipinski definition) is 5. The van der Waals surface area contributed by atoms with Crippen molar-refractivity contribution in [3.8, 4) is 5.95 Å². The summed E-state index contributed by atoms with van der Waals surface area (Å²) in [7, 11) is 0. The first-order valence-electron chi connectivity index (χ1n) is 4.60. The third kappa shape index (κ3) is 2.34. The van der Waals surface area contributed by atoms with Crippen molar-refractivity contribution in [1.29, 1.82) is 0 Å². The molecule has 2 rings (SSSR count). The van der Waals surface area contributed by atoms with Crippen molar-refractivity contribution >= 4 is 17.3 Å². The van der Waals surface area contributed by atoms with Crippen molar-refractivity contribution < 1.29 is 18.1 Å². The summed E-state index contributed by atoms with van der Waals surface area (Å²) in [5, 5.41) is 12.9. The first-order chi connectivity index (χ1) is 8.82. The summed E-state index contributed by atoms with van der Waals surface area (Å²) in [6.45, 7) is 0. The lowest BCUT2D eigenvalue weighted by atomic mass is 10.4. The van der Waals surface area contributed by atoms with Crippen molar-refractivity contribution in [3.05, 3.63) is 39.4 Å². The first-order valence-corrected chi connectivity index (χ1v) is 4.97. The van der Waals surface area contributed by atoms with Crippen LogP contribution in [-0.2, 0) is 6.18 Å². The van der Waals surface area contributed by atoms with Crippen LogP contribution in [0.4, 0.5) is 18.9 Å². The highest BCUT2D eigenvalue weighted by Gasteiger charge is 2.45. The molecule has 11 heteroatoms. The number of hydrogen-bond donors (Lipinski definition) is 0. The summed E-state index contributed by atoms with van der Waals surface area (Å²) in [5.74, 6) is -0.300. The Morgan fingerprint density at radius 1 is 1.32 bits per heavy atom. The minimum absolute atomic E-state index is 0.300. The monoisotopic (exact) mass is 293 g/mol. The number of nitro groups is 1. The summed E-state index contributed by atoms with van der Waals surface area (Å²) in [6.07, 6.45) is -2.54. The molecule has 0 spiro atoms. The van der Waals surface area contributed by atoms with Crippen LogP contribution in [0, 0.1) is 10.1 Å². The van der Waals surface area contributed by atoms with Crippen molar-refractivity contribution in [2.45, 2.75) is 6.18 Å². The lowest BCUT2D eigenvalue weighted by Gasteiger charge is -2.00. The summed E-state index contributed by atoms with van der Waals surface area (Å²) in [4.78, 5) is 16.6. The van der Waals surface area contributed by atoms with E-state index in [-0.39, 0.29) is 5.95 Å². The maximum atomic E-state index is 12.6. The van der Waals surface area contributed by atoms with Crippen LogP contribution in [0.1, 0.15) is 5.69 Å². The van der Waals surface area contributed by atoms with Crippen LogP contribution in [0.5, 0.6) is 0 Å². The minimum Gasteiger partial charge on any atom is -0.258 e. The van der Waals surface area contributed by atoms with E-state index in [9.17, 15) is 23.3 Å². The Morgan fingerprint density at radius 3 is 2.32 bits per heavy atom. The molecule has 0 aromatic carbocycles. The Hall–Kier alpha value is -2.23. The molecule has 7 nitrogen and oxygen atoms in total. The third-order valence-electron chi connectivity index (χ3n) is 2.00. The second-order valence-electron chi connectivity index (χ2n) is 3.20. The van der Waals surface area contributed by atoms with Gasteiger partial charge in [0.15, 0.2) is 0 Å². The highest BCUT2D eigenvalue weighted by Crippen LogP contribution is 2.39. The van der Waals surface area contributed by atoms with Crippen molar-refractivity contribution in [2.24, 2.45) is 0 Å². The van der Waals surface area contributed by atoms with Gasteiger partial charge in [-0.2, -0.15) is 23.0 Å². The number of aromatic nitrogens is 4. The van der Waals surface area contributed by atoms with Gasteiger partial charge in [-0.05, 0) is 6.07 Å². The number of halogens is 4. The van der Waals surface area contributed by atoms with Crippen LogP contribution >= 0.6 is 11.6 Å². The smallest absolute Gasteiger partial charge is 0.258 e. The third-order valence-corrected chi connectivity index (χ3v) is 2.34. The standard InChI is InChI=1S/C8H3ClF3N5O2/c9-6-4(17(18)19)5(8(10,11)12)15-16(6)7-13-2-1-3-14-7/h1-3H. The normalized spacial score (nSPS) is 11.6. The quantitative estimate of drug-likeness (QED) is 0.626. The largest absolute Gasteiger partial charge is 0.442 e. The molecule has 0 fully saturated rings. The van der Waals surface area contributed by atoms with Gasteiger partial charge in [0.2, 0.25) is 10.8 Å². The SMILES string of the molecule is O=[N+]([O-])c1c(C(F)(F)F)nn(-c2ncccn2)c1Cl. The number of alkyl halides is 3. The predicted octanol–water partition coefficient (Wildman–Crippen LogP) is 2.24. The molecule has 0 bridgehead atoms. The summed E-state index contributed by atoms with van der Waals surface area (Å²) in [6, 6.07) is 1.42. The van der Waals surface area contributed by atoms with E-state index in [1.807, 2.05) is 0 Å². The van der Waals surface area contributed by atoms with Crippen LogP contribution in [0.3, 0.4) is 0 Å². The average molecular weight is 294 g/mol. The van der Waals surface area contributed by atoms with Crippen LogP contribution in [0.15, 0.2) is 18.5 Å².